The third-order valence-electron chi connectivity index (χ3n) is 16.7. The van der Waals surface area contributed by atoms with Crippen LogP contribution >= 0.6 is 0 Å². The van der Waals surface area contributed by atoms with Gasteiger partial charge in [0.1, 0.15) is 29.2 Å². The van der Waals surface area contributed by atoms with E-state index in [0.29, 0.717) is 58.8 Å². The van der Waals surface area contributed by atoms with Gasteiger partial charge in [0.05, 0.1) is 29.6 Å². The van der Waals surface area contributed by atoms with Crippen molar-refractivity contribution in [1.29, 1.82) is 0 Å². The van der Waals surface area contributed by atoms with Crippen LogP contribution in [0.2, 0.25) is 0 Å². The van der Waals surface area contributed by atoms with Crippen molar-refractivity contribution in [1.82, 2.24) is 34.6 Å². The van der Waals surface area contributed by atoms with Gasteiger partial charge in [0.2, 0.25) is 11.8 Å². The standard InChI is InChI=1S/C54H59N11O6/c1-32-29-61(54(14-4-15-54)35-13-18-60(30-35)36-5-7-39-40(25-36)51(70)65(50(39)69)42-8-10-47(67)59-49(42)68)19-20-62(32)37-6-9-45(57-28-37)58-46-24-33(11-16-55-46)38-12-17-56-48(41(38)31-66)64-22-21-63-43(52(64)71)23-34-26-53(2,3)27-44(34)63/h5-7,9,11-12,16-17,23-25,28,32,35,42,66H,4,8,10,13-15,18-22,26-27,29-31H2,1-3H3,(H,55,57,58)(H,59,67,68)/t32-,35-,42?/m0/s1. The summed E-state index contributed by atoms with van der Waals surface area (Å²) < 4.78 is 2.18. The number of carbonyl (C=O) groups is 5. The maximum Gasteiger partial charge on any atom is 0.276 e. The average molecular weight is 958 g/mol. The highest BCUT2D eigenvalue weighted by molar-refractivity contribution is 6.23. The molecule has 5 amide bonds. The first-order valence-corrected chi connectivity index (χ1v) is 25.2. The Morgan fingerprint density at radius 3 is 2.35 bits per heavy atom. The Morgan fingerprint density at radius 1 is 0.775 bits per heavy atom. The molecule has 0 spiro atoms. The number of benzene rings is 1. The Labute approximate surface area is 412 Å². The molecule has 17 heteroatoms. The third-order valence-corrected chi connectivity index (χ3v) is 16.7. The van der Waals surface area contributed by atoms with Crippen LogP contribution in [0, 0.1) is 11.3 Å². The molecule has 3 N–H and O–H groups in total. The second-order valence-corrected chi connectivity index (χ2v) is 21.5. The van der Waals surface area contributed by atoms with Crippen molar-refractivity contribution in [2.24, 2.45) is 11.3 Å². The first-order chi connectivity index (χ1) is 34.3. The number of aliphatic hydroxyl groups excluding tert-OH is 1. The predicted molar refractivity (Wildman–Crippen MR) is 267 cm³/mol. The van der Waals surface area contributed by atoms with Crippen LogP contribution in [0.5, 0.6) is 0 Å². The molecule has 3 atom stereocenters. The van der Waals surface area contributed by atoms with E-state index in [0.717, 1.165) is 92.2 Å². The molecule has 366 valence electrons. The average Bonchev–Trinajstić information content (AvgIpc) is 4.10. The Hall–Kier alpha value is -6.98. The molecule has 1 saturated carbocycles. The molecule has 12 rings (SSSR count). The van der Waals surface area contributed by atoms with Crippen LogP contribution < -0.4 is 25.3 Å². The summed E-state index contributed by atoms with van der Waals surface area (Å²) in [5.74, 6) is 0.137. The molecule has 5 aromatic rings. The second-order valence-electron chi connectivity index (χ2n) is 21.5. The molecule has 4 fully saturated rings. The highest BCUT2D eigenvalue weighted by atomic mass is 16.3. The minimum atomic E-state index is -0.984. The smallest absolute Gasteiger partial charge is 0.276 e. The summed E-state index contributed by atoms with van der Waals surface area (Å²) in [7, 11) is 0. The van der Waals surface area contributed by atoms with Gasteiger partial charge in [0, 0.05) is 93.2 Å². The van der Waals surface area contributed by atoms with E-state index in [2.05, 4.69) is 72.8 Å². The van der Waals surface area contributed by atoms with E-state index in [1.54, 1.807) is 23.4 Å². The highest BCUT2D eigenvalue weighted by Crippen LogP contribution is 2.49. The summed E-state index contributed by atoms with van der Waals surface area (Å²) in [6.07, 6.45) is 12.0. The molecule has 4 aromatic heterocycles. The van der Waals surface area contributed by atoms with Crippen molar-refractivity contribution < 1.29 is 29.1 Å². The number of fused-ring (bicyclic) bond motifs is 4. The van der Waals surface area contributed by atoms with Gasteiger partial charge in [-0.2, -0.15) is 0 Å². The van der Waals surface area contributed by atoms with E-state index in [-0.39, 0.29) is 42.4 Å². The summed E-state index contributed by atoms with van der Waals surface area (Å²) in [5.41, 5.74) is 8.32. The van der Waals surface area contributed by atoms with E-state index in [4.69, 9.17) is 4.98 Å². The normalized spacial score (nSPS) is 23.7. The van der Waals surface area contributed by atoms with Crippen LogP contribution in [0.4, 0.5) is 28.8 Å². The summed E-state index contributed by atoms with van der Waals surface area (Å²) in [4.78, 5) is 89.6. The van der Waals surface area contributed by atoms with Gasteiger partial charge in [0.15, 0.2) is 0 Å². The van der Waals surface area contributed by atoms with Gasteiger partial charge in [-0.1, -0.05) is 13.8 Å². The second kappa shape index (κ2) is 17.1. The summed E-state index contributed by atoms with van der Waals surface area (Å²) in [6.45, 7) is 12.2. The quantitative estimate of drug-likeness (QED) is 0.144. The fourth-order valence-electron chi connectivity index (χ4n) is 13.0. The van der Waals surface area contributed by atoms with Crippen LogP contribution in [0.3, 0.4) is 0 Å². The number of carbonyl (C=O) groups excluding carboxylic acids is 5. The Morgan fingerprint density at radius 2 is 1.59 bits per heavy atom. The molecule has 1 aromatic carbocycles. The van der Waals surface area contributed by atoms with Crippen LogP contribution in [-0.2, 0) is 35.6 Å². The van der Waals surface area contributed by atoms with Gasteiger partial charge in [0.25, 0.3) is 17.7 Å². The number of aromatic nitrogens is 4. The van der Waals surface area contributed by atoms with Crippen molar-refractivity contribution in [3.05, 3.63) is 107 Å². The molecular weight excluding hydrogens is 899 g/mol. The number of imide groups is 2. The van der Waals surface area contributed by atoms with Gasteiger partial charge in [-0.15, -0.1) is 0 Å². The predicted octanol–water partition coefficient (Wildman–Crippen LogP) is 5.72. The van der Waals surface area contributed by atoms with E-state index < -0.39 is 29.7 Å². The lowest BCUT2D eigenvalue weighted by atomic mass is 9.66. The van der Waals surface area contributed by atoms with Crippen molar-refractivity contribution in [3.8, 4) is 11.1 Å². The molecular formula is C54H59N11O6. The number of pyridine rings is 3. The SMILES string of the molecule is C[C@H]1CN(C2([C@H]3CCN(c4ccc5c(c4)C(=O)N(C4CCC(=O)NC4=O)C5=O)C3)CCC2)CCN1c1ccc(Nc2cc(-c3ccnc(N4CCn5c(cc6c5CC(C)(C)C6)C4=O)c3CO)ccn2)nc1. The van der Waals surface area contributed by atoms with E-state index in [1.165, 1.54) is 17.7 Å². The third kappa shape index (κ3) is 7.57. The number of hydrogen-bond acceptors (Lipinski definition) is 13. The lowest BCUT2D eigenvalue weighted by molar-refractivity contribution is -0.136. The zero-order valence-electron chi connectivity index (χ0n) is 40.5. The van der Waals surface area contributed by atoms with Gasteiger partial charge in [-0.25, -0.2) is 15.0 Å². The molecule has 3 saturated heterocycles. The Bertz CT molecular complexity index is 3040. The summed E-state index contributed by atoms with van der Waals surface area (Å²) in [5, 5.41) is 16.4. The minimum Gasteiger partial charge on any atom is -0.392 e. The summed E-state index contributed by atoms with van der Waals surface area (Å²) >= 11 is 0. The van der Waals surface area contributed by atoms with Crippen LogP contribution in [0.15, 0.2) is 73.2 Å². The lowest BCUT2D eigenvalue weighted by Crippen LogP contribution is -2.65. The fourth-order valence-corrected chi connectivity index (χ4v) is 13.0. The summed E-state index contributed by atoms with van der Waals surface area (Å²) in [6, 6.07) is 16.6. The molecule has 0 radical (unpaired) electrons. The number of aliphatic hydroxyl groups is 1. The minimum absolute atomic E-state index is 0.0879. The number of piperidine rings is 1. The lowest BCUT2D eigenvalue weighted by Gasteiger charge is -2.57. The number of nitrogens with zero attached hydrogens (tertiary/aromatic N) is 9. The number of nitrogens with one attached hydrogen (secondary N) is 2. The maximum absolute atomic E-state index is 14.0. The van der Waals surface area contributed by atoms with E-state index >= 15 is 0 Å². The van der Waals surface area contributed by atoms with Gasteiger partial charge >= 0.3 is 0 Å². The van der Waals surface area contributed by atoms with Crippen molar-refractivity contribution in [2.45, 2.75) is 103 Å². The van der Waals surface area contributed by atoms with Gasteiger partial charge in [-0.05, 0) is 134 Å². The van der Waals surface area contributed by atoms with Crippen molar-refractivity contribution >= 4 is 58.4 Å². The number of hydrogen-bond donors (Lipinski definition) is 3. The molecule has 9 heterocycles. The number of rotatable bonds is 10. The Balaban J connectivity index is 0.684. The molecule has 1 unspecified atom stereocenters. The zero-order valence-corrected chi connectivity index (χ0v) is 40.5. The van der Waals surface area contributed by atoms with E-state index in [9.17, 15) is 29.1 Å². The monoisotopic (exact) mass is 957 g/mol. The number of anilines is 5. The largest absolute Gasteiger partial charge is 0.392 e. The molecule has 7 aliphatic rings. The molecule has 71 heavy (non-hydrogen) atoms. The Kier molecular flexibility index (Phi) is 10.9. The topological polar surface area (TPSA) is 189 Å². The first kappa shape index (κ1) is 45.2. The van der Waals surface area contributed by atoms with E-state index in [1.807, 2.05) is 42.6 Å². The fraction of sp³-hybridized carbons (Fsp3) is 0.444. The number of amides is 5. The maximum atomic E-state index is 14.0. The number of piperazine rings is 1. The zero-order chi connectivity index (χ0) is 48.9. The van der Waals surface area contributed by atoms with Crippen molar-refractivity contribution in [3.63, 3.8) is 0 Å². The molecule has 2 aliphatic carbocycles. The molecule has 17 nitrogen and oxygen atoms in total. The van der Waals surface area contributed by atoms with Crippen molar-refractivity contribution in [2.75, 3.05) is 59.3 Å². The van der Waals surface area contributed by atoms with Crippen LogP contribution in [-0.4, -0.2) is 121 Å². The van der Waals surface area contributed by atoms with Crippen LogP contribution in [0.1, 0.15) is 107 Å². The van der Waals surface area contributed by atoms with Crippen LogP contribution in [0.25, 0.3) is 11.1 Å². The molecule has 0 bridgehead atoms. The van der Waals surface area contributed by atoms with Gasteiger partial charge in [-0.3, -0.25) is 44.0 Å². The van der Waals surface area contributed by atoms with Gasteiger partial charge < -0.3 is 24.8 Å². The highest BCUT2D eigenvalue weighted by Gasteiger charge is 2.52. The first-order valence-electron chi connectivity index (χ1n) is 25.2. The molecule has 5 aliphatic heterocycles.